The van der Waals surface area contributed by atoms with Crippen LogP contribution in [-0.2, 0) is 81.2 Å². The summed E-state index contributed by atoms with van der Waals surface area (Å²) in [5.41, 5.74) is 48.3. The fourth-order valence-electron chi connectivity index (χ4n) is 22.1. The fourth-order valence-corrected chi connectivity index (χ4v) is 29.4. The molecule has 6 nitrogen and oxygen atoms in total. The van der Waals surface area contributed by atoms with Crippen molar-refractivity contribution >= 4 is 146 Å². The van der Waals surface area contributed by atoms with Crippen molar-refractivity contribution in [3.8, 4) is 67.5 Å². The summed E-state index contributed by atoms with van der Waals surface area (Å²) in [6.45, 7) is 50.1. The van der Waals surface area contributed by atoms with E-state index in [2.05, 4.69) is 484 Å². The first kappa shape index (κ1) is 90.4. The van der Waals surface area contributed by atoms with Crippen LogP contribution in [-0.4, -0.2) is 59.4 Å². The van der Waals surface area contributed by atoms with Gasteiger partial charge in [0.15, 0.2) is 16.5 Å². The lowest BCUT2D eigenvalue weighted by Crippen LogP contribution is -2.32. The van der Waals surface area contributed by atoms with Crippen LogP contribution >= 0.6 is 47.8 Å². The van der Waals surface area contributed by atoms with Crippen molar-refractivity contribution in [2.45, 2.75) is 208 Å². The molecule has 0 aliphatic heterocycles. The lowest BCUT2D eigenvalue weighted by atomic mass is 9.86. The van der Waals surface area contributed by atoms with Gasteiger partial charge in [-0.05, 0) is 191 Å². The molecule has 0 saturated carbocycles. The minimum absolute atomic E-state index is 0.188. The van der Waals surface area contributed by atoms with Gasteiger partial charge in [-0.3, -0.25) is 0 Å². The van der Waals surface area contributed by atoms with Crippen LogP contribution in [0.2, 0.25) is 78.6 Å². The Morgan fingerprint density at radius 1 is 0.244 bits per heavy atom. The van der Waals surface area contributed by atoms with Gasteiger partial charge >= 0.3 is 0 Å². The van der Waals surface area contributed by atoms with Crippen LogP contribution < -0.4 is 0 Å². The van der Waals surface area contributed by atoms with E-state index in [1.54, 1.807) is 11.1 Å². The molecule has 6 heterocycles. The molecular weight excluding hydrogens is 1850 g/mol. The van der Waals surface area contributed by atoms with E-state index in [4.69, 9.17) is 0 Å². The van der Waals surface area contributed by atoms with Crippen LogP contribution in [0.25, 0.3) is 133 Å². The topological polar surface area (TPSA) is 29.6 Å². The number of halogens is 3. The average molecular weight is 1980 g/mol. The number of nitrogens with zero attached hydrogens (tertiary/aromatic N) is 6. The SMILES string of the molecule is CC(C)(C)c1ccc2c(c1)c1c(n2C[Si](C)(C)C)-c2ccccc2C1.CC(C)(C)c1ccc2c(c1)c1c(n2[Si](C)(C)C)-c2ccccc2C1.C[Si](C)(C)Cn1c2c(c3cc(Br)ccc31)Cc1ccccc1-2.C[Si](C)(C)n1c2c(c3cc(Br)ccc31)Cc1ccccc1-2.Cn1c2c(c3cc(Br)ccc31)Cc1ccccc1-2.Cn1c2c(c3cc(C(C)(C)C)ccc31)Cc1ccccc1-2. The van der Waals surface area contributed by atoms with E-state index in [0.717, 1.165) is 43.0 Å². The molecular formula is C118H127Br3N6Si4. The maximum atomic E-state index is 3.65. The quantitative estimate of drug-likeness (QED) is 0.149. The summed E-state index contributed by atoms with van der Waals surface area (Å²) in [6, 6.07) is 94.5. The Morgan fingerprint density at radius 2 is 0.458 bits per heavy atom. The third kappa shape index (κ3) is 16.6. The van der Waals surface area contributed by atoms with Crippen LogP contribution in [0.4, 0.5) is 0 Å². The Morgan fingerprint density at radius 3 is 0.763 bits per heavy atom. The lowest BCUT2D eigenvalue weighted by molar-refractivity contribution is 0.591. The van der Waals surface area contributed by atoms with Crippen molar-refractivity contribution in [3.05, 3.63) is 352 Å². The summed E-state index contributed by atoms with van der Waals surface area (Å²) in [5, 5.41) is 8.57. The second-order valence-corrected chi connectivity index (χ2v) is 68.5. The van der Waals surface area contributed by atoms with Crippen molar-refractivity contribution in [3.63, 3.8) is 0 Å². The van der Waals surface area contributed by atoms with Gasteiger partial charge in [-0.25, -0.2) is 0 Å². The van der Waals surface area contributed by atoms with Gasteiger partial charge in [-0.2, -0.15) is 0 Å². The molecule has 6 aliphatic rings. The predicted molar refractivity (Wildman–Crippen MR) is 586 cm³/mol. The second-order valence-electron chi connectivity index (χ2n) is 45.3. The molecule has 0 N–H and O–H groups in total. The van der Waals surface area contributed by atoms with E-state index in [1.807, 2.05) is 0 Å². The van der Waals surface area contributed by atoms with Gasteiger partial charge in [-0.15, -0.1) is 0 Å². The van der Waals surface area contributed by atoms with Crippen LogP contribution in [0.1, 0.15) is 146 Å². The molecule has 0 bridgehead atoms. The zero-order chi connectivity index (χ0) is 92.6. The standard InChI is InChI=1S/C23H29NSi.C22H27NSi.C20H21N.C19H20BrNSi.C18H18BrNSi.C16H12BrN/c1-23(2,3)17-11-12-21-19(14-17)20-13-16-9-7-8-10-18(16)22(20)24(21)15-25(4,5)6;1-22(2,3)16-11-12-20-18(14-16)19-13-15-9-7-8-10-17(15)21(19)23(20)24(4,5)6;1-20(2,3)14-9-10-18-16(12-14)17-11-13-7-5-6-8-15(13)19(17)21(18)4;1-22(2,3)12-21-18-9-8-14(20)11-16(18)17-10-13-6-4-5-7-15(13)19(17)21;1-21(2,3)20-17-9-8-13(19)11-15(17)16-10-12-6-4-5-7-14(12)18(16)20;1-18-15-7-6-11(17)9-13(15)14-8-10-4-2-3-5-12(10)16(14)18/h7-12,14H,13,15H2,1-6H3;7-12,14H,13H2,1-6H3;5-10,12H,11H2,1-4H3;4-9,11H,10,12H2,1-3H3;4-9,11H,10H2,1-3H3;2-7,9H,8H2,1H3. The van der Waals surface area contributed by atoms with Gasteiger partial charge in [0.05, 0.1) is 38.9 Å². The average Bonchev–Trinajstić information content (AvgIpc) is 1.58. The monoisotopic (exact) mass is 1980 g/mol. The first-order valence-electron chi connectivity index (χ1n) is 47.3. The van der Waals surface area contributed by atoms with Crippen molar-refractivity contribution < 1.29 is 0 Å². The van der Waals surface area contributed by atoms with E-state index >= 15 is 0 Å². The minimum Gasteiger partial charge on any atom is -0.368 e. The molecule has 6 aliphatic carbocycles. The number of aryl methyl sites for hydroxylation is 2. The normalized spacial score (nSPS) is 13.6. The van der Waals surface area contributed by atoms with Gasteiger partial charge in [0.1, 0.15) is 0 Å². The maximum absolute atomic E-state index is 3.65. The summed E-state index contributed by atoms with van der Waals surface area (Å²) in [6.07, 6.45) is 8.76. The summed E-state index contributed by atoms with van der Waals surface area (Å²) < 4.78 is 18.7. The number of hydrogen-bond acceptors (Lipinski definition) is 0. The van der Waals surface area contributed by atoms with Crippen molar-refractivity contribution in [2.75, 3.05) is 0 Å². The van der Waals surface area contributed by atoms with Gasteiger partial charge < -0.3 is 26.7 Å². The zero-order valence-corrected chi connectivity index (χ0v) is 90.0. The molecule has 0 amide bonds. The Balaban J connectivity index is 0.000000102. The molecule has 666 valence electrons. The smallest absolute Gasteiger partial charge is 0.153 e. The van der Waals surface area contributed by atoms with E-state index in [0.29, 0.717) is 0 Å². The summed E-state index contributed by atoms with van der Waals surface area (Å²) in [7, 11) is -1.08. The van der Waals surface area contributed by atoms with Crippen LogP contribution in [0.15, 0.2) is 268 Å². The molecule has 0 spiro atoms. The first-order valence-corrected chi connectivity index (χ1v) is 64.0. The van der Waals surface area contributed by atoms with Gasteiger partial charge in [0, 0.05) is 189 Å². The number of hydrogen-bond donors (Lipinski definition) is 0. The Kier molecular flexibility index (Phi) is 23.0. The van der Waals surface area contributed by atoms with Gasteiger partial charge in [0.2, 0.25) is 0 Å². The molecule has 0 atom stereocenters. The van der Waals surface area contributed by atoms with Crippen molar-refractivity contribution in [1.82, 2.24) is 26.7 Å². The highest BCUT2D eigenvalue weighted by molar-refractivity contribution is 9.11. The molecule has 24 rings (SSSR count). The Bertz CT molecular complexity index is 7640. The van der Waals surface area contributed by atoms with Crippen LogP contribution in [0, 0.1) is 0 Å². The second kappa shape index (κ2) is 33.4. The van der Waals surface area contributed by atoms with Crippen LogP contribution in [0.3, 0.4) is 0 Å². The number of aromatic nitrogens is 6. The van der Waals surface area contributed by atoms with E-state index in [1.165, 1.54) is 227 Å². The molecule has 0 radical (unpaired) electrons. The molecule has 13 heteroatoms. The highest BCUT2D eigenvalue weighted by atomic mass is 79.9. The molecule has 0 fully saturated rings. The molecule has 12 aromatic carbocycles. The summed E-state index contributed by atoms with van der Waals surface area (Å²) in [4.78, 5) is 0. The number of benzene rings is 12. The molecule has 6 aromatic heterocycles. The molecule has 0 saturated heterocycles. The first-order chi connectivity index (χ1) is 61.9. The van der Waals surface area contributed by atoms with Gasteiger partial charge in [-0.1, -0.05) is 352 Å². The molecule has 131 heavy (non-hydrogen) atoms. The zero-order valence-electron chi connectivity index (χ0n) is 81.2. The summed E-state index contributed by atoms with van der Waals surface area (Å²) in [5.74, 6) is 0. The Labute approximate surface area is 806 Å². The molecule has 18 aromatic rings. The largest absolute Gasteiger partial charge is 0.368 e. The fraction of sp³-hybridized carbons (Fsp3) is 0.288. The predicted octanol–water partition coefficient (Wildman–Crippen LogP) is 33.6. The maximum Gasteiger partial charge on any atom is 0.153 e. The third-order valence-electron chi connectivity index (χ3n) is 28.0. The minimum atomic E-state index is -1.52. The van der Waals surface area contributed by atoms with Crippen LogP contribution in [0.5, 0.6) is 0 Å². The number of fused-ring (bicyclic) bond motifs is 30. The lowest BCUT2D eigenvalue weighted by Gasteiger charge is -2.24. The summed E-state index contributed by atoms with van der Waals surface area (Å²) >= 11 is 10.9. The van der Waals surface area contributed by atoms with E-state index in [-0.39, 0.29) is 16.2 Å². The van der Waals surface area contributed by atoms with Crippen molar-refractivity contribution in [2.24, 2.45) is 14.1 Å². The highest BCUT2D eigenvalue weighted by Gasteiger charge is 2.38. The number of rotatable bonds is 6. The van der Waals surface area contributed by atoms with E-state index < -0.39 is 32.6 Å². The van der Waals surface area contributed by atoms with Crippen molar-refractivity contribution in [1.29, 1.82) is 0 Å². The third-order valence-corrected chi connectivity index (χ3v) is 35.6. The molecule has 0 unspecified atom stereocenters. The van der Waals surface area contributed by atoms with Gasteiger partial charge in [0.25, 0.3) is 0 Å². The Hall–Kier alpha value is -9.81. The van der Waals surface area contributed by atoms with E-state index in [9.17, 15) is 0 Å². The highest BCUT2D eigenvalue weighted by Crippen LogP contribution is 2.52.